The van der Waals surface area contributed by atoms with Gasteiger partial charge in [-0.15, -0.1) is 0 Å². The fourth-order valence-corrected chi connectivity index (χ4v) is 15.3. The molecule has 6 aliphatic carbocycles. The molecule has 0 saturated heterocycles. The molecule has 3 bridgehead atoms. The molecule has 12 rings (SSSR count). The molecule has 1 heterocycles. The zero-order chi connectivity index (χ0) is 40.5. The molecule has 59 heavy (non-hydrogen) atoms. The maximum absolute atomic E-state index is 7.08. The molecule has 302 valence electrons. The van der Waals surface area contributed by atoms with Crippen LogP contribution in [0.1, 0.15) is 147 Å². The van der Waals surface area contributed by atoms with E-state index in [1.165, 1.54) is 119 Å². The number of benzene rings is 5. The topological polar surface area (TPSA) is 12.5 Å². The highest BCUT2D eigenvalue weighted by Gasteiger charge is 2.79. The molecule has 7 aliphatic rings. The first kappa shape index (κ1) is 36.5. The number of nitrogens with zero attached hydrogens (tertiary/aromatic N) is 1. The first-order valence-corrected chi connectivity index (χ1v) is 23.2. The normalized spacial score (nSPS) is 31.3. The van der Waals surface area contributed by atoms with Crippen LogP contribution in [0.15, 0.2) is 103 Å². The van der Waals surface area contributed by atoms with Crippen LogP contribution in [0.4, 0.5) is 17.1 Å². The summed E-state index contributed by atoms with van der Waals surface area (Å²) in [4.78, 5) is 2.64. The summed E-state index contributed by atoms with van der Waals surface area (Å²) in [6, 6.07) is 40.6. The molecule has 2 heteroatoms. The van der Waals surface area contributed by atoms with Gasteiger partial charge < -0.3 is 9.64 Å². The minimum absolute atomic E-state index is 0.0396. The van der Waals surface area contributed by atoms with Gasteiger partial charge in [0.05, 0.1) is 5.69 Å². The van der Waals surface area contributed by atoms with E-state index in [-0.39, 0.29) is 27.1 Å². The predicted octanol–water partition coefficient (Wildman–Crippen LogP) is 15.4. The van der Waals surface area contributed by atoms with E-state index in [1.54, 1.807) is 0 Å². The van der Waals surface area contributed by atoms with Crippen LogP contribution in [0.2, 0.25) is 0 Å². The van der Waals surface area contributed by atoms with Gasteiger partial charge in [0.15, 0.2) is 0 Å². The number of hydrogen-bond acceptors (Lipinski definition) is 2. The van der Waals surface area contributed by atoms with Crippen molar-refractivity contribution in [2.45, 2.75) is 140 Å². The van der Waals surface area contributed by atoms with Crippen molar-refractivity contribution in [2.24, 2.45) is 29.1 Å². The summed E-state index contributed by atoms with van der Waals surface area (Å²) >= 11 is 0. The van der Waals surface area contributed by atoms with Gasteiger partial charge in [-0.05, 0) is 184 Å². The number of para-hydroxylation sites is 1. The monoisotopic (exact) mass is 777 g/mol. The quantitative estimate of drug-likeness (QED) is 0.180. The average Bonchev–Trinajstić information content (AvgIpc) is 3.61. The highest BCUT2D eigenvalue weighted by atomic mass is 16.5. The summed E-state index contributed by atoms with van der Waals surface area (Å²) in [5.41, 5.74) is 16.4. The molecular formula is C57H63NO. The third-order valence-electron chi connectivity index (χ3n) is 18.2. The van der Waals surface area contributed by atoms with Gasteiger partial charge in [-0.2, -0.15) is 0 Å². The first-order valence-electron chi connectivity index (χ1n) is 23.2. The van der Waals surface area contributed by atoms with Gasteiger partial charge in [-0.25, -0.2) is 0 Å². The maximum atomic E-state index is 7.08. The summed E-state index contributed by atoms with van der Waals surface area (Å²) < 4.78 is 7.08. The zero-order valence-electron chi connectivity index (χ0n) is 36.8. The van der Waals surface area contributed by atoms with E-state index in [9.17, 15) is 0 Å². The van der Waals surface area contributed by atoms with Crippen LogP contribution in [0.3, 0.4) is 0 Å². The molecule has 4 saturated carbocycles. The number of anilines is 3. The van der Waals surface area contributed by atoms with Crippen molar-refractivity contribution in [1.82, 2.24) is 0 Å². The van der Waals surface area contributed by atoms with E-state index < -0.39 is 0 Å². The van der Waals surface area contributed by atoms with Gasteiger partial charge in [0.1, 0.15) is 11.5 Å². The lowest BCUT2D eigenvalue weighted by Crippen LogP contribution is -2.64. The Morgan fingerprint density at radius 2 is 1.02 bits per heavy atom. The van der Waals surface area contributed by atoms with Crippen molar-refractivity contribution in [3.05, 3.63) is 137 Å². The SMILES string of the molecule is CC1(C)CCC(C)(C)c2cc(-c3ccc(N(c4ccc5c(c4)C(C)(C)CCC5(C)C)c4cccc5c4C4(c6ccccc6O5)C5CC6CC7CC4C5(C6)C7)cc3)ccc21. The van der Waals surface area contributed by atoms with Crippen molar-refractivity contribution in [3.63, 3.8) is 0 Å². The molecule has 4 fully saturated rings. The largest absolute Gasteiger partial charge is 0.457 e. The van der Waals surface area contributed by atoms with E-state index in [4.69, 9.17) is 4.74 Å². The van der Waals surface area contributed by atoms with Crippen molar-refractivity contribution < 1.29 is 4.74 Å². The van der Waals surface area contributed by atoms with Crippen LogP contribution >= 0.6 is 0 Å². The lowest BCUT2D eigenvalue weighted by Gasteiger charge is -2.67. The van der Waals surface area contributed by atoms with Crippen molar-refractivity contribution in [3.8, 4) is 22.6 Å². The van der Waals surface area contributed by atoms with Crippen molar-refractivity contribution in [2.75, 3.05) is 4.90 Å². The number of ether oxygens (including phenoxy) is 1. The molecular weight excluding hydrogens is 715 g/mol. The Balaban J connectivity index is 1.06. The molecule has 5 aromatic rings. The Labute approximate surface area is 353 Å². The summed E-state index contributed by atoms with van der Waals surface area (Å²) in [7, 11) is 0. The zero-order valence-corrected chi connectivity index (χ0v) is 36.8. The Kier molecular flexibility index (Phi) is 7.27. The molecule has 0 amide bonds. The Hall–Kier alpha value is -4.30. The van der Waals surface area contributed by atoms with Crippen molar-refractivity contribution >= 4 is 17.1 Å². The fraction of sp³-hybridized carbons (Fsp3) is 0.474. The van der Waals surface area contributed by atoms with E-state index in [1.807, 2.05) is 0 Å². The van der Waals surface area contributed by atoms with Crippen LogP contribution in [0.25, 0.3) is 11.1 Å². The first-order chi connectivity index (χ1) is 28.1. The van der Waals surface area contributed by atoms with E-state index in [2.05, 4.69) is 163 Å². The minimum Gasteiger partial charge on any atom is -0.457 e. The van der Waals surface area contributed by atoms with Gasteiger partial charge in [0.25, 0.3) is 0 Å². The summed E-state index contributed by atoms with van der Waals surface area (Å²) in [6.45, 7) is 19.6. The third-order valence-corrected chi connectivity index (χ3v) is 18.2. The van der Waals surface area contributed by atoms with Crippen LogP contribution in [0.5, 0.6) is 11.5 Å². The molecule has 2 spiro atoms. The average molecular weight is 778 g/mol. The van der Waals surface area contributed by atoms with Gasteiger partial charge in [0.2, 0.25) is 0 Å². The number of rotatable bonds is 4. The lowest BCUT2D eigenvalue weighted by molar-refractivity contribution is -0.0878. The number of hydrogen-bond donors (Lipinski definition) is 0. The predicted molar refractivity (Wildman–Crippen MR) is 244 cm³/mol. The molecule has 0 radical (unpaired) electrons. The Bertz CT molecular complexity index is 2540. The summed E-state index contributed by atoms with van der Waals surface area (Å²) in [5, 5.41) is 0. The fourth-order valence-electron chi connectivity index (χ4n) is 15.3. The molecule has 0 N–H and O–H groups in total. The Morgan fingerprint density at radius 3 is 1.68 bits per heavy atom. The second-order valence-electron chi connectivity index (χ2n) is 23.2. The molecule has 4 unspecified atom stereocenters. The molecule has 5 aromatic carbocycles. The number of fused-ring (bicyclic) bond motifs is 10. The lowest BCUT2D eigenvalue weighted by atomic mass is 9.37. The van der Waals surface area contributed by atoms with Crippen LogP contribution in [-0.4, -0.2) is 0 Å². The summed E-state index contributed by atoms with van der Waals surface area (Å²) in [5.74, 6) is 5.24. The van der Waals surface area contributed by atoms with Crippen molar-refractivity contribution in [1.29, 1.82) is 0 Å². The van der Waals surface area contributed by atoms with Crippen LogP contribution in [-0.2, 0) is 27.1 Å². The third kappa shape index (κ3) is 4.81. The van der Waals surface area contributed by atoms with Gasteiger partial charge in [-0.3, -0.25) is 0 Å². The van der Waals surface area contributed by atoms with Gasteiger partial charge >= 0.3 is 0 Å². The second kappa shape index (κ2) is 11.7. The molecule has 1 aliphatic heterocycles. The van der Waals surface area contributed by atoms with Gasteiger partial charge in [-0.1, -0.05) is 116 Å². The second-order valence-corrected chi connectivity index (χ2v) is 23.2. The van der Waals surface area contributed by atoms with Crippen LogP contribution in [0, 0.1) is 29.1 Å². The molecule has 0 aromatic heterocycles. The maximum Gasteiger partial charge on any atom is 0.133 e. The van der Waals surface area contributed by atoms with E-state index in [0.29, 0.717) is 17.3 Å². The highest BCUT2D eigenvalue weighted by molar-refractivity contribution is 5.85. The smallest absolute Gasteiger partial charge is 0.133 e. The molecule has 2 nitrogen and oxygen atoms in total. The standard InChI is InChI=1S/C57H63NO/c1-52(2)24-26-54(5,6)44-31-38(18-22-41(44)52)37-16-19-39(20-17-37)58(40-21-23-42-45(32-40)55(7,8)27-25-53(42,3)4)46-13-11-15-48-51(46)57(43-12-9-10-14-47(43)59-48)49-29-35-28-36-30-50(57)56(49,33-35)34-36/h9-23,31-32,35-36,49-50H,24-30,33-34H2,1-8H3. The Morgan fingerprint density at radius 1 is 0.475 bits per heavy atom. The van der Waals surface area contributed by atoms with E-state index >= 15 is 0 Å². The van der Waals surface area contributed by atoms with Gasteiger partial charge in [0, 0.05) is 27.9 Å². The molecule has 4 atom stereocenters. The summed E-state index contributed by atoms with van der Waals surface area (Å²) in [6.07, 6.45) is 11.9. The highest BCUT2D eigenvalue weighted by Crippen LogP contribution is 2.85. The van der Waals surface area contributed by atoms with Crippen LogP contribution < -0.4 is 9.64 Å². The van der Waals surface area contributed by atoms with E-state index in [0.717, 1.165) is 23.3 Å². The minimum atomic E-state index is -0.0396.